The number of hydrogen-bond acceptors (Lipinski definition) is 4. The van der Waals surface area contributed by atoms with Gasteiger partial charge in [0.25, 0.3) is 0 Å². The van der Waals surface area contributed by atoms with Crippen LogP contribution in [0.2, 0.25) is 0 Å². The molecular formula is C17H21FN2O2. The van der Waals surface area contributed by atoms with E-state index < -0.39 is 6.10 Å². The Labute approximate surface area is 129 Å². The van der Waals surface area contributed by atoms with Gasteiger partial charge in [-0.15, -0.1) is 0 Å². The Morgan fingerprint density at radius 1 is 1.32 bits per heavy atom. The first-order valence-electron chi connectivity index (χ1n) is 7.63. The zero-order valence-corrected chi connectivity index (χ0v) is 12.9. The van der Waals surface area contributed by atoms with Gasteiger partial charge in [0, 0.05) is 12.6 Å². The van der Waals surface area contributed by atoms with Crippen molar-refractivity contribution in [2.45, 2.75) is 45.4 Å². The quantitative estimate of drug-likeness (QED) is 0.891. The van der Waals surface area contributed by atoms with Gasteiger partial charge < -0.3 is 9.52 Å². The van der Waals surface area contributed by atoms with Crippen LogP contribution in [0.1, 0.15) is 41.9 Å². The van der Waals surface area contributed by atoms with Crippen LogP contribution in [0.4, 0.5) is 4.39 Å². The SMILES string of the molecule is Cc1nc(CN(CC(O)c2ccc(F)cc2)C2CC2)oc1C. The number of nitrogens with zero attached hydrogens (tertiary/aromatic N) is 2. The number of rotatable bonds is 6. The van der Waals surface area contributed by atoms with Crippen molar-refractivity contribution in [2.24, 2.45) is 0 Å². The van der Waals surface area contributed by atoms with E-state index in [0.717, 1.165) is 29.9 Å². The minimum Gasteiger partial charge on any atom is -0.444 e. The number of aliphatic hydroxyl groups is 1. The largest absolute Gasteiger partial charge is 0.444 e. The smallest absolute Gasteiger partial charge is 0.208 e. The second-order valence-corrected chi connectivity index (χ2v) is 5.98. The number of aromatic nitrogens is 1. The van der Waals surface area contributed by atoms with Crippen molar-refractivity contribution in [1.82, 2.24) is 9.88 Å². The van der Waals surface area contributed by atoms with Gasteiger partial charge in [-0.05, 0) is 44.4 Å². The van der Waals surface area contributed by atoms with E-state index in [0.29, 0.717) is 25.0 Å². The van der Waals surface area contributed by atoms with Gasteiger partial charge >= 0.3 is 0 Å². The molecule has 1 atom stereocenters. The van der Waals surface area contributed by atoms with Crippen LogP contribution in [0, 0.1) is 19.7 Å². The molecule has 0 bridgehead atoms. The molecule has 1 unspecified atom stereocenters. The molecule has 1 saturated carbocycles. The Morgan fingerprint density at radius 3 is 2.55 bits per heavy atom. The highest BCUT2D eigenvalue weighted by molar-refractivity contribution is 5.19. The molecule has 22 heavy (non-hydrogen) atoms. The molecule has 1 aliphatic rings. The topological polar surface area (TPSA) is 49.5 Å². The average molecular weight is 304 g/mol. The lowest BCUT2D eigenvalue weighted by atomic mass is 10.1. The van der Waals surface area contributed by atoms with Crippen molar-refractivity contribution in [1.29, 1.82) is 0 Å². The molecule has 1 fully saturated rings. The Bertz CT molecular complexity index is 615. The summed E-state index contributed by atoms with van der Waals surface area (Å²) < 4.78 is 18.6. The van der Waals surface area contributed by atoms with Crippen LogP contribution in [-0.2, 0) is 6.54 Å². The van der Waals surface area contributed by atoms with E-state index in [9.17, 15) is 9.50 Å². The molecule has 0 radical (unpaired) electrons. The lowest BCUT2D eigenvalue weighted by molar-refractivity contribution is 0.0986. The van der Waals surface area contributed by atoms with Gasteiger partial charge in [-0.1, -0.05) is 12.1 Å². The number of aryl methyl sites for hydroxylation is 2. The third kappa shape index (κ3) is 3.54. The number of halogens is 1. The number of benzene rings is 1. The maximum absolute atomic E-state index is 13.0. The zero-order chi connectivity index (χ0) is 15.7. The maximum Gasteiger partial charge on any atom is 0.208 e. The van der Waals surface area contributed by atoms with Gasteiger partial charge in [-0.25, -0.2) is 9.37 Å². The highest BCUT2D eigenvalue weighted by atomic mass is 19.1. The van der Waals surface area contributed by atoms with Crippen molar-refractivity contribution in [2.75, 3.05) is 6.54 Å². The molecule has 1 N–H and O–H groups in total. The van der Waals surface area contributed by atoms with Gasteiger partial charge in [0.05, 0.1) is 18.3 Å². The van der Waals surface area contributed by atoms with Crippen molar-refractivity contribution >= 4 is 0 Å². The maximum atomic E-state index is 13.0. The second-order valence-electron chi connectivity index (χ2n) is 5.98. The summed E-state index contributed by atoms with van der Waals surface area (Å²) in [4.78, 5) is 6.61. The van der Waals surface area contributed by atoms with E-state index in [1.54, 1.807) is 12.1 Å². The molecule has 118 valence electrons. The first-order valence-corrected chi connectivity index (χ1v) is 7.63. The fourth-order valence-corrected chi connectivity index (χ4v) is 2.58. The summed E-state index contributed by atoms with van der Waals surface area (Å²) in [6, 6.07) is 6.49. The average Bonchev–Trinajstić information content (AvgIpc) is 3.27. The zero-order valence-electron chi connectivity index (χ0n) is 12.9. The Balaban J connectivity index is 1.67. The van der Waals surface area contributed by atoms with Gasteiger partial charge in [0.1, 0.15) is 11.6 Å². The van der Waals surface area contributed by atoms with Crippen LogP contribution in [0.5, 0.6) is 0 Å². The van der Waals surface area contributed by atoms with E-state index in [1.807, 2.05) is 13.8 Å². The third-order valence-corrected chi connectivity index (χ3v) is 4.14. The van der Waals surface area contributed by atoms with Crippen LogP contribution < -0.4 is 0 Å². The molecule has 4 nitrogen and oxygen atoms in total. The van der Waals surface area contributed by atoms with E-state index >= 15 is 0 Å². The number of aliphatic hydroxyl groups excluding tert-OH is 1. The summed E-state index contributed by atoms with van der Waals surface area (Å²) in [5.74, 6) is 1.23. The predicted octanol–water partition coefficient (Wildman–Crippen LogP) is 3.13. The molecule has 5 heteroatoms. The minimum atomic E-state index is -0.640. The fraction of sp³-hybridized carbons (Fsp3) is 0.471. The molecule has 0 aliphatic heterocycles. The summed E-state index contributed by atoms with van der Waals surface area (Å²) in [7, 11) is 0. The Hall–Kier alpha value is -1.72. The van der Waals surface area contributed by atoms with Crippen molar-refractivity contribution in [3.8, 4) is 0 Å². The van der Waals surface area contributed by atoms with Gasteiger partial charge in [0.15, 0.2) is 0 Å². The van der Waals surface area contributed by atoms with E-state index in [1.165, 1.54) is 12.1 Å². The molecule has 1 aromatic carbocycles. The second kappa shape index (κ2) is 6.18. The summed E-state index contributed by atoms with van der Waals surface area (Å²) in [5, 5.41) is 10.4. The fourth-order valence-electron chi connectivity index (χ4n) is 2.58. The minimum absolute atomic E-state index is 0.291. The predicted molar refractivity (Wildman–Crippen MR) is 80.8 cm³/mol. The van der Waals surface area contributed by atoms with Crippen LogP contribution in [-0.4, -0.2) is 27.6 Å². The lowest BCUT2D eigenvalue weighted by Crippen LogP contribution is -2.30. The van der Waals surface area contributed by atoms with Gasteiger partial charge in [-0.2, -0.15) is 0 Å². The van der Waals surface area contributed by atoms with E-state index in [-0.39, 0.29) is 5.82 Å². The van der Waals surface area contributed by atoms with E-state index in [4.69, 9.17) is 4.42 Å². The number of hydrogen-bond donors (Lipinski definition) is 1. The van der Waals surface area contributed by atoms with Crippen LogP contribution >= 0.6 is 0 Å². The highest BCUT2D eigenvalue weighted by Gasteiger charge is 2.31. The molecule has 1 aliphatic carbocycles. The molecule has 0 spiro atoms. The third-order valence-electron chi connectivity index (χ3n) is 4.14. The van der Waals surface area contributed by atoms with Crippen molar-refractivity contribution < 1.29 is 13.9 Å². The Kier molecular flexibility index (Phi) is 4.27. The molecule has 1 aromatic heterocycles. The summed E-state index contributed by atoms with van der Waals surface area (Å²) in [6.07, 6.45) is 1.63. The van der Waals surface area contributed by atoms with Crippen molar-refractivity contribution in [3.05, 3.63) is 53.0 Å². The lowest BCUT2D eigenvalue weighted by Gasteiger charge is -2.23. The monoisotopic (exact) mass is 304 g/mol. The molecule has 0 amide bonds. The molecule has 2 aromatic rings. The highest BCUT2D eigenvalue weighted by Crippen LogP contribution is 2.30. The van der Waals surface area contributed by atoms with E-state index in [2.05, 4.69) is 9.88 Å². The van der Waals surface area contributed by atoms with Crippen molar-refractivity contribution in [3.63, 3.8) is 0 Å². The normalized spacial score (nSPS) is 16.2. The summed E-state index contributed by atoms with van der Waals surface area (Å²) in [6.45, 7) is 4.92. The molecule has 1 heterocycles. The van der Waals surface area contributed by atoms with Gasteiger partial charge in [-0.3, -0.25) is 4.90 Å². The van der Waals surface area contributed by atoms with Gasteiger partial charge in [0.2, 0.25) is 5.89 Å². The standard InChI is InChI=1S/C17H21FN2O2/c1-11-12(2)22-17(19-11)10-20(15-7-8-15)9-16(21)13-3-5-14(18)6-4-13/h3-6,15-16,21H,7-10H2,1-2H3. The first kappa shape index (κ1) is 15.2. The molecular weight excluding hydrogens is 283 g/mol. The summed E-state index contributed by atoms with van der Waals surface area (Å²) in [5.41, 5.74) is 1.64. The summed E-state index contributed by atoms with van der Waals surface area (Å²) >= 11 is 0. The van der Waals surface area contributed by atoms with Crippen LogP contribution in [0.15, 0.2) is 28.7 Å². The first-order chi connectivity index (χ1) is 10.5. The molecule has 3 rings (SSSR count). The Morgan fingerprint density at radius 2 is 2.00 bits per heavy atom. The van der Waals surface area contributed by atoms with Crippen LogP contribution in [0.25, 0.3) is 0 Å². The molecule has 0 saturated heterocycles. The number of oxazole rings is 1. The van der Waals surface area contributed by atoms with Crippen LogP contribution in [0.3, 0.4) is 0 Å².